The van der Waals surface area contributed by atoms with Gasteiger partial charge in [0.25, 0.3) is 0 Å². The fraction of sp³-hybridized carbons (Fsp3) is 0.765. The molecule has 1 saturated heterocycles. The summed E-state index contributed by atoms with van der Waals surface area (Å²) in [5.74, 6) is 0.672. The van der Waals surface area contributed by atoms with Crippen LogP contribution in [0.15, 0.2) is 17.6 Å². The Balaban J connectivity index is 0.00000576. The summed E-state index contributed by atoms with van der Waals surface area (Å²) >= 11 is 0. The smallest absolute Gasteiger partial charge is 0.243 e. The number of piperidine rings is 1. The molecule has 0 saturated carbocycles. The zero-order valence-corrected chi connectivity index (χ0v) is 18.1. The minimum Gasteiger partial charge on any atom is -0.385 e. The van der Waals surface area contributed by atoms with Crippen LogP contribution < -0.4 is 10.6 Å². The number of hydrogen-bond donors (Lipinski definition) is 2. The molecule has 0 aliphatic carbocycles. The van der Waals surface area contributed by atoms with Crippen LogP contribution in [0.3, 0.4) is 0 Å². The zero-order chi connectivity index (χ0) is 17.8. The van der Waals surface area contributed by atoms with E-state index in [1.165, 1.54) is 0 Å². The van der Waals surface area contributed by atoms with Crippen LogP contribution in [0, 0.1) is 0 Å². The lowest BCUT2D eigenvalue weighted by molar-refractivity contribution is -0.127. The average molecular weight is 467 g/mol. The lowest BCUT2D eigenvalue weighted by Gasteiger charge is -2.33. The van der Waals surface area contributed by atoms with Gasteiger partial charge in [-0.25, -0.2) is 4.99 Å². The van der Waals surface area contributed by atoms with Crippen molar-refractivity contribution in [3.8, 4) is 0 Å². The van der Waals surface area contributed by atoms with Gasteiger partial charge < -0.3 is 25.2 Å². The molecular weight excluding hydrogens is 433 g/mol. The number of likely N-dealkylation sites (tertiary alicyclic amines) is 1. The van der Waals surface area contributed by atoms with Gasteiger partial charge in [0.2, 0.25) is 5.91 Å². The van der Waals surface area contributed by atoms with Crippen molar-refractivity contribution in [3.05, 3.63) is 12.7 Å². The van der Waals surface area contributed by atoms with Gasteiger partial charge in [-0.1, -0.05) is 6.08 Å². The summed E-state index contributed by atoms with van der Waals surface area (Å²) < 4.78 is 5.11. The van der Waals surface area contributed by atoms with Gasteiger partial charge in [-0.3, -0.25) is 4.79 Å². The van der Waals surface area contributed by atoms with Gasteiger partial charge in [-0.2, -0.15) is 0 Å². The molecule has 8 heteroatoms. The molecular formula is C17H34IN5O2. The minimum atomic E-state index is -0.0114. The molecule has 0 aromatic heterocycles. The highest BCUT2D eigenvalue weighted by Crippen LogP contribution is 2.10. The van der Waals surface area contributed by atoms with Gasteiger partial charge in [-0.15, -0.1) is 30.6 Å². The molecule has 1 heterocycles. The fourth-order valence-electron chi connectivity index (χ4n) is 2.54. The molecule has 0 spiro atoms. The van der Waals surface area contributed by atoms with Crippen molar-refractivity contribution < 1.29 is 9.53 Å². The molecule has 1 fully saturated rings. The predicted molar refractivity (Wildman–Crippen MR) is 114 cm³/mol. The van der Waals surface area contributed by atoms with Crippen molar-refractivity contribution in [1.82, 2.24) is 20.4 Å². The Hall–Kier alpha value is -0.870. The molecule has 1 amide bonds. The summed E-state index contributed by atoms with van der Waals surface area (Å²) in [6.45, 7) is 8.54. The number of likely N-dealkylation sites (N-methyl/N-ethyl adjacent to an activating group) is 1. The Bertz CT molecular complexity index is 410. The molecule has 7 nitrogen and oxygen atoms in total. The topological polar surface area (TPSA) is 69.2 Å². The largest absolute Gasteiger partial charge is 0.385 e. The Labute approximate surface area is 169 Å². The first kappa shape index (κ1) is 24.1. The zero-order valence-electron chi connectivity index (χ0n) is 15.8. The van der Waals surface area contributed by atoms with Crippen LogP contribution >= 0.6 is 24.0 Å². The van der Waals surface area contributed by atoms with Crippen LogP contribution in [0.2, 0.25) is 0 Å². The molecule has 1 aliphatic rings. The third kappa shape index (κ3) is 10.7. The number of hydrogen-bond acceptors (Lipinski definition) is 4. The van der Waals surface area contributed by atoms with E-state index in [1.807, 2.05) is 0 Å². The van der Waals surface area contributed by atoms with E-state index in [9.17, 15) is 4.79 Å². The lowest BCUT2D eigenvalue weighted by atomic mass is 10.1. The van der Waals surface area contributed by atoms with E-state index in [4.69, 9.17) is 4.74 Å². The first-order valence-corrected chi connectivity index (χ1v) is 8.64. The van der Waals surface area contributed by atoms with Gasteiger partial charge >= 0.3 is 0 Å². The monoisotopic (exact) mass is 467 g/mol. The third-order valence-electron chi connectivity index (χ3n) is 4.04. The van der Waals surface area contributed by atoms with Crippen LogP contribution in [0.5, 0.6) is 0 Å². The summed E-state index contributed by atoms with van der Waals surface area (Å²) in [5, 5.41) is 6.63. The molecule has 1 aliphatic heterocycles. The molecule has 1 rings (SSSR count). The number of carbonyl (C=O) groups is 1. The van der Waals surface area contributed by atoms with Crippen LogP contribution in [0.25, 0.3) is 0 Å². The highest BCUT2D eigenvalue weighted by atomic mass is 127. The summed E-state index contributed by atoms with van der Waals surface area (Å²) in [6.07, 6.45) is 5.00. The van der Waals surface area contributed by atoms with E-state index >= 15 is 0 Å². The number of rotatable bonds is 9. The first-order valence-electron chi connectivity index (χ1n) is 8.64. The number of halogens is 1. The maximum atomic E-state index is 11.7. The second kappa shape index (κ2) is 14.3. The number of guanidine groups is 1. The second-order valence-corrected chi connectivity index (χ2v) is 6.23. The standard InChI is InChI=1S/C17H33N5O2.HI/c1-5-9-18-17(19-14-16(23)21(2)3)20-15-7-11-22(12-8-15)10-6-13-24-4;/h5,15H,1,6-14H2,2-4H3,(H2,18,19,20);1H. The van der Waals surface area contributed by atoms with Crippen molar-refractivity contribution in [3.63, 3.8) is 0 Å². The van der Waals surface area contributed by atoms with E-state index in [1.54, 1.807) is 32.2 Å². The van der Waals surface area contributed by atoms with E-state index < -0.39 is 0 Å². The van der Waals surface area contributed by atoms with E-state index in [-0.39, 0.29) is 36.4 Å². The van der Waals surface area contributed by atoms with Crippen LogP contribution in [-0.2, 0) is 9.53 Å². The Morgan fingerprint density at radius 2 is 2.08 bits per heavy atom. The van der Waals surface area contributed by atoms with Crippen molar-refractivity contribution in [1.29, 1.82) is 0 Å². The Morgan fingerprint density at radius 1 is 1.40 bits per heavy atom. The second-order valence-electron chi connectivity index (χ2n) is 6.23. The molecule has 0 radical (unpaired) electrons. The summed E-state index contributed by atoms with van der Waals surface area (Å²) in [4.78, 5) is 20.1. The van der Waals surface area contributed by atoms with Crippen molar-refractivity contribution in [2.45, 2.75) is 25.3 Å². The fourth-order valence-corrected chi connectivity index (χ4v) is 2.54. The third-order valence-corrected chi connectivity index (χ3v) is 4.04. The first-order chi connectivity index (χ1) is 11.6. The van der Waals surface area contributed by atoms with Crippen LogP contribution in [0.1, 0.15) is 19.3 Å². The highest BCUT2D eigenvalue weighted by molar-refractivity contribution is 14.0. The molecule has 0 unspecified atom stereocenters. The predicted octanol–water partition coefficient (Wildman–Crippen LogP) is 0.915. The number of amides is 1. The maximum Gasteiger partial charge on any atom is 0.243 e. The van der Waals surface area contributed by atoms with E-state index in [0.29, 0.717) is 18.5 Å². The molecule has 0 aromatic carbocycles. The van der Waals surface area contributed by atoms with E-state index in [2.05, 4.69) is 27.1 Å². The number of aliphatic imine (C=N–C) groups is 1. The van der Waals surface area contributed by atoms with Crippen LogP contribution in [-0.4, -0.2) is 88.2 Å². The maximum absolute atomic E-state index is 11.7. The molecule has 25 heavy (non-hydrogen) atoms. The number of nitrogens with zero attached hydrogens (tertiary/aromatic N) is 3. The number of nitrogens with one attached hydrogen (secondary N) is 2. The Kier molecular flexibility index (Phi) is 13.8. The van der Waals surface area contributed by atoms with Crippen LogP contribution in [0.4, 0.5) is 0 Å². The van der Waals surface area contributed by atoms with Gasteiger partial charge in [-0.05, 0) is 19.3 Å². The van der Waals surface area contributed by atoms with Gasteiger partial charge in [0.05, 0.1) is 0 Å². The molecule has 146 valence electrons. The summed E-state index contributed by atoms with van der Waals surface area (Å²) in [6, 6.07) is 0.384. The normalized spacial score (nSPS) is 16.0. The van der Waals surface area contributed by atoms with Gasteiger partial charge in [0.15, 0.2) is 5.96 Å². The van der Waals surface area contributed by atoms with Crippen molar-refractivity contribution in [2.75, 3.05) is 60.5 Å². The number of methoxy groups -OCH3 is 1. The number of ether oxygens (including phenoxy) is 1. The Morgan fingerprint density at radius 3 is 2.64 bits per heavy atom. The molecule has 0 aromatic rings. The van der Waals surface area contributed by atoms with Gasteiger partial charge in [0, 0.05) is 60.0 Å². The molecule has 2 N–H and O–H groups in total. The highest BCUT2D eigenvalue weighted by Gasteiger charge is 2.19. The quantitative estimate of drug-likeness (QED) is 0.174. The van der Waals surface area contributed by atoms with Crippen molar-refractivity contribution in [2.24, 2.45) is 4.99 Å². The molecule has 0 atom stereocenters. The molecule has 0 bridgehead atoms. The van der Waals surface area contributed by atoms with Crippen molar-refractivity contribution >= 4 is 35.8 Å². The summed E-state index contributed by atoms with van der Waals surface area (Å²) in [7, 11) is 5.22. The minimum absolute atomic E-state index is 0. The van der Waals surface area contributed by atoms with E-state index in [0.717, 1.165) is 45.5 Å². The van der Waals surface area contributed by atoms with Gasteiger partial charge in [0.1, 0.15) is 6.54 Å². The number of carbonyl (C=O) groups excluding carboxylic acids is 1. The average Bonchev–Trinajstić information content (AvgIpc) is 2.58. The SMILES string of the molecule is C=CCNC(=NCC(=O)N(C)C)NC1CCN(CCCOC)CC1.I. The lowest BCUT2D eigenvalue weighted by Crippen LogP contribution is -2.49. The summed E-state index contributed by atoms with van der Waals surface area (Å²) in [5.41, 5.74) is 0.